The molecular weight excluding hydrogens is 268 g/mol. The Kier molecular flexibility index (Phi) is 3.16. The van der Waals surface area contributed by atoms with Gasteiger partial charge in [-0.15, -0.1) is 0 Å². The number of nitrogens with one attached hydrogen (secondary N) is 1. The van der Waals surface area contributed by atoms with Crippen molar-refractivity contribution >= 4 is 22.9 Å². The summed E-state index contributed by atoms with van der Waals surface area (Å²) in [6.45, 7) is 0. The summed E-state index contributed by atoms with van der Waals surface area (Å²) in [5, 5.41) is 19.8. The van der Waals surface area contributed by atoms with Crippen molar-refractivity contribution in [1.82, 2.24) is 9.97 Å². The molecule has 5 heteroatoms. The summed E-state index contributed by atoms with van der Waals surface area (Å²) in [7, 11) is 0. The molecular formula is C16H12N2O3. The van der Waals surface area contributed by atoms with Gasteiger partial charge < -0.3 is 15.2 Å². The van der Waals surface area contributed by atoms with E-state index in [0.717, 1.165) is 0 Å². The Hall–Kier alpha value is -3.08. The van der Waals surface area contributed by atoms with Gasteiger partial charge in [-0.25, -0.2) is 4.98 Å². The van der Waals surface area contributed by atoms with Crippen LogP contribution in [-0.2, 0) is 0 Å². The quantitative estimate of drug-likeness (QED) is 0.630. The molecule has 0 fully saturated rings. The molecule has 3 N–H and O–H groups in total. The number of phenols is 1. The second-order valence-electron chi connectivity index (χ2n) is 4.52. The molecule has 0 amide bonds. The summed E-state index contributed by atoms with van der Waals surface area (Å²) >= 11 is 0. The van der Waals surface area contributed by atoms with Crippen molar-refractivity contribution in [3.63, 3.8) is 0 Å². The van der Waals surface area contributed by atoms with Crippen LogP contribution in [0.15, 0.2) is 53.3 Å². The zero-order valence-corrected chi connectivity index (χ0v) is 10.9. The molecule has 0 radical (unpaired) electrons. The summed E-state index contributed by atoms with van der Waals surface area (Å²) in [5.74, 6) is -0.287. The smallest absolute Gasteiger partial charge is 0.274 e. The predicted octanol–water partition coefficient (Wildman–Crippen LogP) is 2.68. The van der Waals surface area contributed by atoms with E-state index in [1.54, 1.807) is 36.4 Å². The number of aromatic amines is 1. The van der Waals surface area contributed by atoms with Gasteiger partial charge in [0.2, 0.25) is 0 Å². The van der Waals surface area contributed by atoms with Gasteiger partial charge >= 0.3 is 0 Å². The fourth-order valence-electron chi connectivity index (χ4n) is 2.04. The van der Waals surface area contributed by atoms with Crippen molar-refractivity contribution in [2.45, 2.75) is 0 Å². The van der Waals surface area contributed by atoms with E-state index in [9.17, 15) is 15.0 Å². The molecule has 0 saturated carbocycles. The fourth-order valence-corrected chi connectivity index (χ4v) is 2.04. The number of hydrogen-bond acceptors (Lipinski definition) is 4. The summed E-state index contributed by atoms with van der Waals surface area (Å²) < 4.78 is 0. The van der Waals surface area contributed by atoms with Gasteiger partial charge in [0, 0.05) is 6.08 Å². The Morgan fingerprint density at radius 3 is 2.62 bits per heavy atom. The van der Waals surface area contributed by atoms with Crippen molar-refractivity contribution in [2.24, 2.45) is 0 Å². The molecule has 5 nitrogen and oxygen atoms in total. The topological polar surface area (TPSA) is 86.2 Å². The standard InChI is InChI=1S/C16H12N2O3/c19-14-8-4-1-5-10(14)15(20)9-13-16(21)18-12-7-3-2-6-11(12)17-13/h1-9,19-20H,(H,18,21). The molecule has 3 rings (SSSR count). The molecule has 0 bridgehead atoms. The Bertz CT molecular complexity index is 897. The lowest BCUT2D eigenvalue weighted by Crippen LogP contribution is -2.12. The highest BCUT2D eigenvalue weighted by Gasteiger charge is 2.08. The van der Waals surface area contributed by atoms with Crippen LogP contribution in [0.2, 0.25) is 0 Å². The van der Waals surface area contributed by atoms with Gasteiger partial charge in [0.25, 0.3) is 5.56 Å². The van der Waals surface area contributed by atoms with E-state index in [1.807, 2.05) is 6.07 Å². The van der Waals surface area contributed by atoms with Crippen LogP contribution >= 0.6 is 0 Å². The van der Waals surface area contributed by atoms with Crippen LogP contribution in [0.4, 0.5) is 0 Å². The number of aliphatic hydroxyl groups excluding tert-OH is 1. The van der Waals surface area contributed by atoms with Crippen molar-refractivity contribution in [3.8, 4) is 5.75 Å². The average Bonchev–Trinajstić information content (AvgIpc) is 2.48. The highest BCUT2D eigenvalue weighted by atomic mass is 16.3. The van der Waals surface area contributed by atoms with E-state index in [2.05, 4.69) is 9.97 Å². The predicted molar refractivity (Wildman–Crippen MR) is 81.0 cm³/mol. The summed E-state index contributed by atoms with van der Waals surface area (Å²) in [6.07, 6.45) is 1.24. The molecule has 0 saturated heterocycles. The van der Waals surface area contributed by atoms with Crippen LogP contribution in [-0.4, -0.2) is 20.2 Å². The molecule has 0 aliphatic heterocycles. The molecule has 0 spiro atoms. The lowest BCUT2D eigenvalue weighted by Gasteiger charge is -2.03. The normalized spacial score (nSPS) is 11.7. The molecule has 21 heavy (non-hydrogen) atoms. The first-order valence-electron chi connectivity index (χ1n) is 6.33. The van der Waals surface area contributed by atoms with Crippen molar-refractivity contribution < 1.29 is 10.2 Å². The minimum absolute atomic E-state index is 0.0662. The third-order valence-corrected chi connectivity index (χ3v) is 3.08. The number of fused-ring (bicyclic) bond motifs is 1. The second kappa shape index (κ2) is 5.13. The minimum atomic E-state index is -0.407. The number of H-pyrrole nitrogens is 1. The van der Waals surface area contributed by atoms with Gasteiger partial charge in [0.1, 0.15) is 17.2 Å². The molecule has 104 valence electrons. The van der Waals surface area contributed by atoms with Gasteiger partial charge in [-0.1, -0.05) is 24.3 Å². The van der Waals surface area contributed by atoms with Crippen molar-refractivity contribution in [2.75, 3.05) is 0 Å². The first-order valence-corrected chi connectivity index (χ1v) is 6.33. The number of nitrogens with zero attached hydrogens (tertiary/aromatic N) is 1. The number of para-hydroxylation sites is 3. The Labute approximate surface area is 119 Å². The molecule has 1 heterocycles. The number of hydrogen-bond donors (Lipinski definition) is 3. The number of phenolic OH excluding ortho intramolecular Hbond substituents is 1. The van der Waals surface area contributed by atoms with Crippen LogP contribution < -0.4 is 5.56 Å². The maximum atomic E-state index is 11.9. The van der Waals surface area contributed by atoms with E-state index in [1.165, 1.54) is 12.1 Å². The number of rotatable bonds is 2. The van der Waals surface area contributed by atoms with Gasteiger partial charge in [0.05, 0.1) is 16.6 Å². The third kappa shape index (κ3) is 2.49. The van der Waals surface area contributed by atoms with E-state index in [4.69, 9.17) is 0 Å². The molecule has 0 unspecified atom stereocenters. The SMILES string of the molecule is O=c1[nH]c2ccccc2nc1C=C(O)c1ccccc1O. The number of aliphatic hydroxyl groups is 1. The minimum Gasteiger partial charge on any atom is -0.507 e. The van der Waals surface area contributed by atoms with E-state index < -0.39 is 5.56 Å². The lowest BCUT2D eigenvalue weighted by atomic mass is 10.1. The summed E-state index contributed by atoms with van der Waals surface area (Å²) in [6, 6.07) is 13.5. The van der Waals surface area contributed by atoms with Crippen LogP contribution in [0.5, 0.6) is 5.75 Å². The maximum absolute atomic E-state index is 11.9. The first kappa shape index (κ1) is 12.9. The molecule has 2 aromatic carbocycles. The van der Waals surface area contributed by atoms with Gasteiger partial charge in [-0.3, -0.25) is 4.79 Å². The summed E-state index contributed by atoms with van der Waals surface area (Å²) in [5.41, 5.74) is 1.16. The first-order chi connectivity index (χ1) is 10.1. The summed E-state index contributed by atoms with van der Waals surface area (Å²) in [4.78, 5) is 18.9. The van der Waals surface area contributed by atoms with E-state index in [-0.39, 0.29) is 22.8 Å². The van der Waals surface area contributed by atoms with Crippen LogP contribution in [0.25, 0.3) is 22.9 Å². The Balaban J connectivity index is 2.13. The largest absolute Gasteiger partial charge is 0.507 e. The zero-order valence-electron chi connectivity index (χ0n) is 10.9. The van der Waals surface area contributed by atoms with E-state index in [0.29, 0.717) is 11.0 Å². The molecule has 0 aliphatic rings. The van der Waals surface area contributed by atoms with Gasteiger partial charge in [-0.2, -0.15) is 0 Å². The number of benzene rings is 2. The highest BCUT2D eigenvalue weighted by Crippen LogP contribution is 2.23. The molecule has 0 atom stereocenters. The zero-order chi connectivity index (χ0) is 14.8. The number of aromatic hydroxyl groups is 1. The molecule has 3 aromatic rings. The number of aromatic nitrogens is 2. The maximum Gasteiger partial charge on any atom is 0.274 e. The average molecular weight is 280 g/mol. The fraction of sp³-hybridized carbons (Fsp3) is 0. The van der Waals surface area contributed by atoms with Gasteiger partial charge in [-0.05, 0) is 24.3 Å². The molecule has 0 aliphatic carbocycles. The van der Waals surface area contributed by atoms with Crippen molar-refractivity contribution in [3.05, 3.63) is 70.1 Å². The molecule has 1 aromatic heterocycles. The van der Waals surface area contributed by atoms with Gasteiger partial charge in [0.15, 0.2) is 0 Å². The second-order valence-corrected chi connectivity index (χ2v) is 4.52. The third-order valence-electron chi connectivity index (χ3n) is 3.08. The monoisotopic (exact) mass is 280 g/mol. The van der Waals surface area contributed by atoms with E-state index >= 15 is 0 Å². The van der Waals surface area contributed by atoms with Crippen molar-refractivity contribution in [1.29, 1.82) is 0 Å². The van der Waals surface area contributed by atoms with Crippen LogP contribution in [0.1, 0.15) is 11.3 Å². The highest BCUT2D eigenvalue weighted by molar-refractivity contribution is 5.80. The van der Waals surface area contributed by atoms with Crippen LogP contribution in [0.3, 0.4) is 0 Å². The lowest BCUT2D eigenvalue weighted by molar-refractivity contribution is 0.461. The Morgan fingerprint density at radius 2 is 1.81 bits per heavy atom. The van der Waals surface area contributed by atoms with Crippen LogP contribution in [0, 0.1) is 0 Å². The Morgan fingerprint density at radius 1 is 1.10 bits per heavy atom.